The van der Waals surface area contributed by atoms with Gasteiger partial charge in [-0.1, -0.05) is 0 Å². The summed E-state index contributed by atoms with van der Waals surface area (Å²) < 4.78 is 19.7. The first-order valence-corrected chi connectivity index (χ1v) is 10.5. The third-order valence-corrected chi connectivity index (χ3v) is 6.88. The maximum Gasteiger partial charge on any atom is 0.250 e. The first-order chi connectivity index (χ1) is 14.8. The van der Waals surface area contributed by atoms with Crippen LogP contribution >= 0.6 is 0 Å². The molecule has 0 aromatic heterocycles. The van der Waals surface area contributed by atoms with Crippen molar-refractivity contribution in [3.63, 3.8) is 0 Å². The van der Waals surface area contributed by atoms with Gasteiger partial charge in [-0.15, -0.1) is 0 Å². The lowest BCUT2D eigenvalue weighted by atomic mass is 9.76. The number of hydrogen-bond acceptors (Lipinski definition) is 6. The van der Waals surface area contributed by atoms with Crippen molar-refractivity contribution in [2.45, 2.75) is 43.4 Å². The summed E-state index contributed by atoms with van der Waals surface area (Å²) in [4.78, 5) is 52.6. The fourth-order valence-corrected chi connectivity index (χ4v) is 5.55. The summed E-state index contributed by atoms with van der Waals surface area (Å²) in [6.45, 7) is 0.705. The number of rotatable bonds is 5. The summed E-state index contributed by atoms with van der Waals surface area (Å²) >= 11 is 0. The van der Waals surface area contributed by atoms with Gasteiger partial charge >= 0.3 is 0 Å². The summed E-state index contributed by atoms with van der Waals surface area (Å²) in [6.07, 6.45) is 1.54. The molecule has 4 N–H and O–H groups in total. The number of hydrogen-bond donors (Lipinski definition) is 3. The van der Waals surface area contributed by atoms with Crippen molar-refractivity contribution in [3.05, 3.63) is 29.6 Å². The lowest BCUT2D eigenvalue weighted by molar-refractivity contribution is -0.144. The highest BCUT2D eigenvalue weighted by atomic mass is 19.1. The van der Waals surface area contributed by atoms with Crippen molar-refractivity contribution in [1.82, 2.24) is 10.2 Å². The van der Waals surface area contributed by atoms with Crippen LogP contribution in [0.4, 0.5) is 10.1 Å². The Labute approximate surface area is 177 Å². The van der Waals surface area contributed by atoms with Crippen LogP contribution in [0.5, 0.6) is 0 Å². The maximum absolute atomic E-state index is 14.1. The number of fused-ring (bicyclic) bond motifs is 4. The molecule has 3 fully saturated rings. The number of amides is 4. The third kappa shape index (κ3) is 2.89. The molecule has 0 bridgehead atoms. The van der Waals surface area contributed by atoms with Crippen molar-refractivity contribution < 1.29 is 28.3 Å². The average Bonchev–Trinajstić information content (AvgIpc) is 3.46. The number of nitrogens with one attached hydrogen (secondary N) is 2. The molecule has 9 nitrogen and oxygen atoms in total. The largest absolute Gasteiger partial charge is 0.376 e. The van der Waals surface area contributed by atoms with Crippen LogP contribution in [0.15, 0.2) is 18.2 Å². The molecule has 3 saturated heterocycles. The van der Waals surface area contributed by atoms with Crippen LogP contribution < -0.4 is 16.4 Å². The number of anilines is 1. The number of nitrogens with two attached hydrogens (primary N) is 1. The monoisotopic (exact) mass is 430 g/mol. The van der Waals surface area contributed by atoms with Crippen LogP contribution in [0.2, 0.25) is 0 Å². The van der Waals surface area contributed by atoms with E-state index in [2.05, 4.69) is 10.6 Å². The Kier molecular flexibility index (Phi) is 4.60. The fraction of sp³-hybridized carbons (Fsp3) is 0.524. The maximum atomic E-state index is 14.1. The molecule has 4 aliphatic heterocycles. The molecule has 0 aliphatic carbocycles. The van der Waals surface area contributed by atoms with Gasteiger partial charge in [0, 0.05) is 30.3 Å². The molecular weight excluding hydrogens is 407 g/mol. The van der Waals surface area contributed by atoms with Crippen molar-refractivity contribution in [3.8, 4) is 0 Å². The van der Waals surface area contributed by atoms with Gasteiger partial charge in [-0.2, -0.15) is 0 Å². The van der Waals surface area contributed by atoms with Gasteiger partial charge in [-0.3, -0.25) is 29.4 Å². The van der Waals surface area contributed by atoms with E-state index in [0.717, 1.165) is 12.8 Å². The van der Waals surface area contributed by atoms with Crippen molar-refractivity contribution in [2.75, 3.05) is 18.5 Å². The Bertz CT molecular complexity index is 994. The molecule has 1 aromatic rings. The third-order valence-electron chi connectivity index (χ3n) is 6.88. The van der Waals surface area contributed by atoms with E-state index < -0.39 is 52.9 Å². The Morgan fingerprint density at radius 3 is 2.81 bits per heavy atom. The van der Waals surface area contributed by atoms with Crippen LogP contribution in [0, 0.1) is 17.7 Å². The predicted molar refractivity (Wildman–Crippen MR) is 105 cm³/mol. The number of likely N-dealkylation sites (tertiary alicyclic amines) is 1. The van der Waals surface area contributed by atoms with Crippen molar-refractivity contribution >= 4 is 29.3 Å². The lowest BCUT2D eigenvalue weighted by Gasteiger charge is -2.30. The molecule has 4 aliphatic rings. The second kappa shape index (κ2) is 7.10. The summed E-state index contributed by atoms with van der Waals surface area (Å²) in [6, 6.07) is 3.24. The van der Waals surface area contributed by atoms with E-state index in [1.165, 1.54) is 23.1 Å². The number of imide groups is 1. The number of carbonyl (C=O) groups is 4. The molecule has 0 radical (unpaired) electrons. The second-order valence-corrected chi connectivity index (χ2v) is 8.63. The van der Waals surface area contributed by atoms with Crippen LogP contribution in [-0.2, 0) is 29.5 Å². The quantitative estimate of drug-likeness (QED) is 0.563. The van der Waals surface area contributed by atoms with E-state index in [1.807, 2.05) is 0 Å². The zero-order chi connectivity index (χ0) is 21.9. The number of benzene rings is 1. The van der Waals surface area contributed by atoms with Crippen LogP contribution in [0.3, 0.4) is 0 Å². The standard InChI is InChI=1S/C21H23FN4O5/c22-10-3-4-13-12(8-10)21(20(30)24-13)17-16(14(25-21)5-6-15(23)27)18(28)26(19(17)29)9-11-2-1-7-31-11/h3-4,8,11,14,16-17,25H,1-2,5-7,9H2,(H2,23,27)(H,24,30)/t11?,14-,16-,17+,21+/m0/s1. The fourth-order valence-electron chi connectivity index (χ4n) is 5.55. The summed E-state index contributed by atoms with van der Waals surface area (Å²) in [5.41, 5.74) is 4.41. The van der Waals surface area contributed by atoms with Gasteiger partial charge in [0.15, 0.2) is 0 Å². The first kappa shape index (κ1) is 20.1. The Morgan fingerprint density at radius 1 is 1.29 bits per heavy atom. The molecule has 5 atom stereocenters. The second-order valence-electron chi connectivity index (χ2n) is 8.63. The molecule has 5 rings (SSSR count). The minimum absolute atomic E-state index is 0.0121. The van der Waals surface area contributed by atoms with Gasteiger partial charge in [-0.25, -0.2) is 4.39 Å². The van der Waals surface area contributed by atoms with Crippen molar-refractivity contribution in [2.24, 2.45) is 17.6 Å². The minimum atomic E-state index is -1.58. The molecule has 164 valence electrons. The minimum Gasteiger partial charge on any atom is -0.376 e. The van der Waals surface area contributed by atoms with E-state index in [-0.39, 0.29) is 25.5 Å². The molecule has 31 heavy (non-hydrogen) atoms. The average molecular weight is 430 g/mol. The molecule has 1 aromatic carbocycles. The van der Waals surface area contributed by atoms with Gasteiger partial charge in [0.1, 0.15) is 11.4 Å². The van der Waals surface area contributed by atoms with Gasteiger partial charge in [0.25, 0.3) is 0 Å². The Morgan fingerprint density at radius 2 is 2.10 bits per heavy atom. The van der Waals surface area contributed by atoms with Crippen LogP contribution in [0.1, 0.15) is 31.2 Å². The summed E-state index contributed by atoms with van der Waals surface area (Å²) in [5.74, 6) is -4.38. The van der Waals surface area contributed by atoms with Crippen LogP contribution in [-0.4, -0.2) is 53.8 Å². The van der Waals surface area contributed by atoms with E-state index in [0.29, 0.717) is 17.9 Å². The number of carbonyl (C=O) groups excluding carboxylic acids is 4. The summed E-state index contributed by atoms with van der Waals surface area (Å²) in [7, 11) is 0. The highest BCUT2D eigenvalue weighted by Gasteiger charge is 2.70. The van der Waals surface area contributed by atoms with E-state index in [4.69, 9.17) is 10.5 Å². The van der Waals surface area contributed by atoms with Gasteiger partial charge < -0.3 is 15.8 Å². The molecular formula is C21H23FN4O5. The zero-order valence-electron chi connectivity index (χ0n) is 16.7. The van der Waals surface area contributed by atoms with Gasteiger partial charge in [-0.05, 0) is 37.5 Å². The van der Waals surface area contributed by atoms with E-state index in [9.17, 15) is 23.6 Å². The molecule has 1 spiro atoms. The van der Waals surface area contributed by atoms with E-state index in [1.54, 1.807) is 0 Å². The first-order valence-electron chi connectivity index (χ1n) is 10.5. The molecule has 4 amide bonds. The number of nitrogens with zero attached hydrogens (tertiary/aromatic N) is 1. The predicted octanol–water partition coefficient (Wildman–Crippen LogP) is -0.00940. The smallest absolute Gasteiger partial charge is 0.250 e. The Hall–Kier alpha value is -2.85. The topological polar surface area (TPSA) is 131 Å². The molecule has 4 heterocycles. The number of halogens is 1. The van der Waals surface area contributed by atoms with E-state index >= 15 is 0 Å². The van der Waals surface area contributed by atoms with Gasteiger partial charge in [0.2, 0.25) is 23.6 Å². The molecule has 10 heteroatoms. The van der Waals surface area contributed by atoms with Crippen molar-refractivity contribution in [1.29, 1.82) is 0 Å². The normalized spacial score (nSPS) is 33.8. The highest BCUT2D eigenvalue weighted by molar-refractivity contribution is 6.15. The zero-order valence-corrected chi connectivity index (χ0v) is 16.7. The number of ether oxygens (including phenoxy) is 1. The lowest BCUT2D eigenvalue weighted by Crippen LogP contribution is -2.53. The number of primary amides is 1. The molecule has 0 saturated carbocycles. The Balaban J connectivity index is 1.57. The molecule has 1 unspecified atom stereocenters. The SMILES string of the molecule is NC(=O)CC[C@@H]1N[C@@]2(C(=O)Nc3ccc(F)cc32)[C@H]2C(=O)N(CC3CCCO3)C(=O)[C@@H]12. The van der Waals surface area contributed by atoms with Gasteiger partial charge in [0.05, 0.1) is 24.5 Å². The van der Waals surface area contributed by atoms with Crippen LogP contribution in [0.25, 0.3) is 0 Å². The summed E-state index contributed by atoms with van der Waals surface area (Å²) in [5, 5.41) is 5.86. The highest BCUT2D eigenvalue weighted by Crippen LogP contribution is 2.53.